The molecule has 0 saturated heterocycles. The van der Waals surface area contributed by atoms with Gasteiger partial charge in [-0.3, -0.25) is 13.9 Å². The minimum Gasteiger partial charge on any atom is -0.288 e. The molecule has 0 bridgehead atoms. The Balaban J connectivity index is 2.08. The summed E-state index contributed by atoms with van der Waals surface area (Å²) in [5.74, 6) is 10.3. The molecule has 0 saturated carbocycles. The molecule has 2 aromatic carbocycles. The maximum Gasteiger partial charge on any atom is 0.416 e. The van der Waals surface area contributed by atoms with Crippen LogP contribution < -0.4 is 11.2 Å². The van der Waals surface area contributed by atoms with Crippen LogP contribution >= 0.6 is 0 Å². The van der Waals surface area contributed by atoms with Crippen molar-refractivity contribution in [2.45, 2.75) is 12.4 Å². The Morgan fingerprint density at radius 2 is 1.03 bits per heavy atom. The smallest absolute Gasteiger partial charge is 0.288 e. The van der Waals surface area contributed by atoms with Crippen molar-refractivity contribution in [2.24, 2.45) is 14.1 Å². The fourth-order valence-electron chi connectivity index (χ4n) is 2.85. The number of halogens is 6. The molecule has 3 aromatic rings. The average molecular weight is 476 g/mol. The lowest BCUT2D eigenvalue weighted by Gasteiger charge is -2.07. The zero-order valence-corrected chi connectivity index (χ0v) is 17.6. The minimum absolute atomic E-state index is 0.0904. The van der Waals surface area contributed by atoms with Crippen molar-refractivity contribution >= 4 is 0 Å². The Bertz CT molecular complexity index is 1470. The first-order chi connectivity index (χ1) is 15.8. The van der Waals surface area contributed by atoms with Crippen LogP contribution in [0.4, 0.5) is 26.3 Å². The number of hydrogen-bond acceptors (Lipinski definition) is 2. The molecule has 1 heterocycles. The van der Waals surface area contributed by atoms with Gasteiger partial charge in [0.25, 0.3) is 5.56 Å². The van der Waals surface area contributed by atoms with E-state index in [1.54, 1.807) is 0 Å². The molecular formula is C24H14F6N2O2. The second-order valence-electron chi connectivity index (χ2n) is 7.08. The van der Waals surface area contributed by atoms with Crippen molar-refractivity contribution in [1.29, 1.82) is 0 Å². The van der Waals surface area contributed by atoms with Crippen molar-refractivity contribution in [3.63, 3.8) is 0 Å². The highest BCUT2D eigenvalue weighted by Gasteiger charge is 2.30. The second-order valence-corrected chi connectivity index (χ2v) is 7.08. The third-order valence-corrected chi connectivity index (χ3v) is 4.75. The van der Waals surface area contributed by atoms with Crippen molar-refractivity contribution in [3.8, 4) is 23.7 Å². The summed E-state index contributed by atoms with van der Waals surface area (Å²) in [4.78, 5) is 25.0. The molecule has 0 aliphatic heterocycles. The predicted octanol–water partition coefficient (Wildman–Crippen LogP) is 3.92. The summed E-state index contributed by atoms with van der Waals surface area (Å²) < 4.78 is 78.2. The normalized spacial score (nSPS) is 11.3. The number of aromatic nitrogens is 2. The monoisotopic (exact) mass is 476 g/mol. The highest BCUT2D eigenvalue weighted by Crippen LogP contribution is 2.29. The first kappa shape index (κ1) is 24.5. The molecule has 10 heteroatoms. The van der Waals surface area contributed by atoms with Gasteiger partial charge in [0, 0.05) is 25.2 Å². The first-order valence-corrected chi connectivity index (χ1v) is 9.47. The van der Waals surface area contributed by atoms with Gasteiger partial charge in [-0.15, -0.1) is 0 Å². The first-order valence-electron chi connectivity index (χ1n) is 9.47. The number of hydrogen-bond donors (Lipinski definition) is 0. The summed E-state index contributed by atoms with van der Waals surface area (Å²) in [5, 5.41) is 0. The highest BCUT2D eigenvalue weighted by atomic mass is 19.4. The molecule has 1 aromatic heterocycles. The van der Waals surface area contributed by atoms with E-state index in [1.165, 1.54) is 14.1 Å². The van der Waals surface area contributed by atoms with Gasteiger partial charge in [0.15, 0.2) is 0 Å². The summed E-state index contributed by atoms with van der Waals surface area (Å²) in [7, 11) is 2.56. The largest absolute Gasteiger partial charge is 0.416 e. The zero-order valence-electron chi connectivity index (χ0n) is 17.6. The van der Waals surface area contributed by atoms with E-state index in [-0.39, 0.29) is 22.4 Å². The van der Waals surface area contributed by atoms with Gasteiger partial charge in [-0.2, -0.15) is 26.3 Å². The van der Waals surface area contributed by atoms with Crippen LogP contribution in [0.15, 0.2) is 58.1 Å². The number of rotatable bonds is 0. The van der Waals surface area contributed by atoms with E-state index in [9.17, 15) is 35.9 Å². The molecule has 0 aliphatic rings. The van der Waals surface area contributed by atoms with Gasteiger partial charge in [0.1, 0.15) is 11.3 Å². The van der Waals surface area contributed by atoms with Gasteiger partial charge in [-0.25, -0.2) is 4.79 Å². The molecule has 0 atom stereocenters. The number of alkyl halides is 6. The lowest BCUT2D eigenvalue weighted by molar-refractivity contribution is -0.138. The molecule has 0 aliphatic carbocycles. The van der Waals surface area contributed by atoms with E-state index < -0.39 is 34.7 Å². The predicted molar refractivity (Wildman–Crippen MR) is 112 cm³/mol. The van der Waals surface area contributed by atoms with Crippen LogP contribution in [0.5, 0.6) is 0 Å². The Morgan fingerprint density at radius 3 is 1.44 bits per heavy atom. The molecule has 0 fully saturated rings. The molecule has 34 heavy (non-hydrogen) atoms. The number of benzene rings is 2. The van der Waals surface area contributed by atoms with Crippen molar-refractivity contribution in [1.82, 2.24) is 9.13 Å². The molecule has 0 spiro atoms. The van der Waals surface area contributed by atoms with E-state index in [0.717, 1.165) is 57.7 Å². The summed E-state index contributed by atoms with van der Waals surface area (Å²) in [6, 6.07) is 7.93. The standard InChI is InChI=1S/C24H14F6N2O2/c1-31-20(14-8-16-5-11-18(12-6-16)24(28,29)30)19(21(33)32(2)22(31)34)13-7-15-3-9-17(10-4-15)23(25,26)27/h3-6,9-12H,1-2H3. The highest BCUT2D eigenvalue weighted by molar-refractivity contribution is 5.51. The van der Waals surface area contributed by atoms with Crippen LogP contribution in [0.3, 0.4) is 0 Å². The van der Waals surface area contributed by atoms with Crippen LogP contribution in [-0.2, 0) is 26.4 Å². The molecule has 3 rings (SSSR count). The SMILES string of the molecule is Cn1c(C#Cc2ccc(C(F)(F)F)cc2)c(C#Cc2ccc(C(F)(F)F)cc2)c(=O)n(C)c1=O. The zero-order chi connectivity index (χ0) is 25.3. The topological polar surface area (TPSA) is 44.0 Å². The van der Waals surface area contributed by atoms with E-state index >= 15 is 0 Å². The van der Waals surface area contributed by atoms with Gasteiger partial charge in [-0.1, -0.05) is 17.8 Å². The van der Waals surface area contributed by atoms with Gasteiger partial charge < -0.3 is 0 Å². The van der Waals surface area contributed by atoms with E-state index in [4.69, 9.17) is 0 Å². The molecular weight excluding hydrogens is 462 g/mol. The second kappa shape index (κ2) is 8.99. The van der Waals surface area contributed by atoms with Crippen LogP contribution in [0.1, 0.15) is 33.5 Å². The molecule has 0 unspecified atom stereocenters. The maximum atomic E-state index is 12.7. The van der Waals surface area contributed by atoms with E-state index in [0.29, 0.717) is 0 Å². The summed E-state index contributed by atoms with van der Waals surface area (Å²) in [6.07, 6.45) is -9.02. The fraction of sp³-hybridized carbons (Fsp3) is 0.167. The van der Waals surface area contributed by atoms with E-state index in [1.807, 2.05) is 0 Å². The number of nitrogens with zero attached hydrogens (tertiary/aromatic N) is 2. The third-order valence-electron chi connectivity index (χ3n) is 4.75. The Morgan fingerprint density at radius 1 is 0.618 bits per heavy atom. The average Bonchev–Trinajstić information content (AvgIpc) is 2.78. The Hall–Kier alpha value is -4.18. The molecule has 0 amide bonds. The summed E-state index contributed by atoms with van der Waals surface area (Å²) >= 11 is 0. The maximum absolute atomic E-state index is 12.7. The Kier molecular flexibility index (Phi) is 6.47. The van der Waals surface area contributed by atoms with Gasteiger partial charge in [0.2, 0.25) is 0 Å². The van der Waals surface area contributed by atoms with Gasteiger partial charge >= 0.3 is 18.0 Å². The lowest BCUT2D eigenvalue weighted by atomic mass is 10.1. The summed E-state index contributed by atoms with van der Waals surface area (Å²) in [6.45, 7) is 0. The Labute approximate surface area is 189 Å². The van der Waals surface area contributed by atoms with Crippen molar-refractivity contribution < 1.29 is 26.3 Å². The van der Waals surface area contributed by atoms with Crippen LogP contribution in [0, 0.1) is 23.7 Å². The molecule has 4 nitrogen and oxygen atoms in total. The van der Waals surface area contributed by atoms with E-state index in [2.05, 4.69) is 23.7 Å². The van der Waals surface area contributed by atoms with Gasteiger partial charge in [0.05, 0.1) is 11.1 Å². The van der Waals surface area contributed by atoms with Crippen molar-refractivity contribution in [3.05, 3.63) is 103 Å². The third kappa shape index (κ3) is 5.24. The van der Waals surface area contributed by atoms with Crippen LogP contribution in [-0.4, -0.2) is 9.13 Å². The molecule has 174 valence electrons. The molecule has 0 radical (unpaired) electrons. The minimum atomic E-state index is -4.51. The quantitative estimate of drug-likeness (QED) is 0.365. The van der Waals surface area contributed by atoms with Crippen LogP contribution in [0.25, 0.3) is 0 Å². The molecule has 0 N–H and O–H groups in total. The van der Waals surface area contributed by atoms with Crippen LogP contribution in [0.2, 0.25) is 0 Å². The van der Waals surface area contributed by atoms with Gasteiger partial charge in [-0.05, 0) is 54.5 Å². The summed E-state index contributed by atoms with van der Waals surface area (Å²) in [5.41, 5.74) is -3.10. The van der Waals surface area contributed by atoms with Crippen molar-refractivity contribution in [2.75, 3.05) is 0 Å². The lowest BCUT2D eigenvalue weighted by Crippen LogP contribution is -2.40. The fourth-order valence-corrected chi connectivity index (χ4v) is 2.85.